The van der Waals surface area contributed by atoms with Crippen LogP contribution in [0.3, 0.4) is 0 Å². The molecule has 2 aliphatic heterocycles. The van der Waals surface area contributed by atoms with Gasteiger partial charge < -0.3 is 9.84 Å². The lowest BCUT2D eigenvalue weighted by Gasteiger charge is -2.12. The summed E-state index contributed by atoms with van der Waals surface area (Å²) in [5.74, 6) is 3.40. The normalized spacial score (nSPS) is 26.4. The first-order valence-electron chi connectivity index (χ1n) is 5.23. The van der Waals surface area contributed by atoms with Gasteiger partial charge in [-0.05, 0) is 25.1 Å². The molecule has 2 aliphatic rings. The second-order valence-electron chi connectivity index (χ2n) is 3.92. The summed E-state index contributed by atoms with van der Waals surface area (Å²) in [6, 6.07) is 0.435. The topological polar surface area (TPSA) is 38.1 Å². The molecule has 1 atom stereocenters. The zero-order valence-corrected chi connectivity index (χ0v) is 8.90. The quantitative estimate of drug-likeness (QED) is 0.768. The minimum atomic E-state index is 0.435. The van der Waals surface area contributed by atoms with Crippen LogP contribution in [0.4, 0.5) is 0 Å². The lowest BCUT2D eigenvalue weighted by Crippen LogP contribution is -2.14. The molecule has 1 aromatic rings. The zero-order chi connectivity index (χ0) is 9.38. The Morgan fingerprint density at radius 1 is 1.50 bits per heavy atom. The van der Waals surface area contributed by atoms with Crippen LogP contribution in [-0.2, 0) is 12.2 Å². The largest absolute Gasteiger partial charge is 0.359 e. The van der Waals surface area contributed by atoms with Gasteiger partial charge in [0.1, 0.15) is 0 Å². The summed E-state index contributed by atoms with van der Waals surface area (Å²) in [7, 11) is 0. The first-order chi connectivity index (χ1) is 6.95. The molecule has 0 amide bonds. The van der Waals surface area contributed by atoms with Crippen LogP contribution in [0.2, 0.25) is 0 Å². The van der Waals surface area contributed by atoms with Gasteiger partial charge in [0, 0.05) is 17.7 Å². The van der Waals surface area contributed by atoms with E-state index >= 15 is 0 Å². The fraction of sp³-hybridized carbons (Fsp3) is 0.700. The van der Waals surface area contributed by atoms with Crippen molar-refractivity contribution in [3.8, 4) is 0 Å². The maximum Gasteiger partial charge on any atom is 0.157 e. The number of aromatic nitrogens is 1. The maximum atomic E-state index is 5.48. The molecule has 1 saturated heterocycles. The van der Waals surface area contributed by atoms with E-state index in [9.17, 15) is 0 Å². The molecule has 14 heavy (non-hydrogen) atoms. The van der Waals surface area contributed by atoms with Crippen molar-refractivity contribution >= 4 is 11.8 Å². The Labute approximate surface area is 87.6 Å². The molecule has 3 rings (SSSR count). The second-order valence-corrected chi connectivity index (χ2v) is 5.03. The molecular weight excluding hydrogens is 196 g/mol. The number of fused-ring (bicyclic) bond motifs is 1. The van der Waals surface area contributed by atoms with Crippen LogP contribution in [0.25, 0.3) is 0 Å². The van der Waals surface area contributed by atoms with E-state index in [0.29, 0.717) is 6.04 Å². The van der Waals surface area contributed by atoms with Crippen molar-refractivity contribution in [3.63, 3.8) is 0 Å². The molecule has 76 valence electrons. The number of aryl methyl sites for hydroxylation is 1. The van der Waals surface area contributed by atoms with E-state index in [-0.39, 0.29) is 0 Å². The molecule has 1 unspecified atom stereocenters. The van der Waals surface area contributed by atoms with Crippen molar-refractivity contribution in [1.29, 1.82) is 0 Å². The van der Waals surface area contributed by atoms with Crippen LogP contribution < -0.4 is 5.32 Å². The summed E-state index contributed by atoms with van der Waals surface area (Å²) in [6.07, 6.45) is 3.54. The molecule has 0 bridgehead atoms. The SMILES string of the molecule is C1CNC(c2onc3c2CSCC3)C1. The van der Waals surface area contributed by atoms with Crippen LogP contribution in [0.1, 0.15) is 35.9 Å². The van der Waals surface area contributed by atoms with Crippen LogP contribution in [-0.4, -0.2) is 17.5 Å². The first-order valence-corrected chi connectivity index (χ1v) is 6.39. The number of nitrogens with one attached hydrogen (secondary N) is 1. The molecule has 0 saturated carbocycles. The Kier molecular flexibility index (Phi) is 2.25. The lowest BCUT2D eigenvalue weighted by molar-refractivity contribution is 0.347. The predicted molar refractivity (Wildman–Crippen MR) is 56.3 cm³/mol. The van der Waals surface area contributed by atoms with Crippen molar-refractivity contribution < 1.29 is 4.52 Å². The Balaban J connectivity index is 1.93. The third-order valence-corrected chi connectivity index (χ3v) is 3.99. The molecule has 0 aromatic carbocycles. The molecule has 0 spiro atoms. The first kappa shape index (κ1) is 8.80. The van der Waals surface area contributed by atoms with E-state index in [1.54, 1.807) is 0 Å². The zero-order valence-electron chi connectivity index (χ0n) is 8.08. The van der Waals surface area contributed by atoms with Gasteiger partial charge in [-0.15, -0.1) is 0 Å². The van der Waals surface area contributed by atoms with Gasteiger partial charge in [0.15, 0.2) is 5.76 Å². The predicted octanol–water partition coefficient (Wildman–Crippen LogP) is 1.89. The second kappa shape index (κ2) is 3.59. The number of thioether (sulfide) groups is 1. The number of hydrogen-bond acceptors (Lipinski definition) is 4. The summed E-state index contributed by atoms with van der Waals surface area (Å²) < 4.78 is 5.48. The van der Waals surface area contributed by atoms with E-state index < -0.39 is 0 Å². The molecule has 1 N–H and O–H groups in total. The van der Waals surface area contributed by atoms with Gasteiger partial charge in [-0.3, -0.25) is 0 Å². The minimum absolute atomic E-state index is 0.435. The van der Waals surface area contributed by atoms with E-state index in [2.05, 4.69) is 10.5 Å². The summed E-state index contributed by atoms with van der Waals surface area (Å²) in [4.78, 5) is 0. The minimum Gasteiger partial charge on any atom is -0.359 e. The Hall–Kier alpha value is -0.480. The Morgan fingerprint density at radius 3 is 3.36 bits per heavy atom. The average molecular weight is 210 g/mol. The number of rotatable bonds is 1. The van der Waals surface area contributed by atoms with Crippen molar-refractivity contribution in [2.45, 2.75) is 31.1 Å². The summed E-state index contributed by atoms with van der Waals surface area (Å²) in [5, 5.41) is 7.64. The molecule has 3 nitrogen and oxygen atoms in total. The highest BCUT2D eigenvalue weighted by atomic mass is 32.2. The van der Waals surface area contributed by atoms with Crippen LogP contribution in [0.5, 0.6) is 0 Å². The monoisotopic (exact) mass is 210 g/mol. The lowest BCUT2D eigenvalue weighted by atomic mass is 10.1. The highest BCUT2D eigenvalue weighted by molar-refractivity contribution is 7.98. The van der Waals surface area contributed by atoms with E-state index in [1.165, 1.54) is 29.9 Å². The van der Waals surface area contributed by atoms with Gasteiger partial charge in [-0.1, -0.05) is 5.16 Å². The molecule has 0 radical (unpaired) electrons. The van der Waals surface area contributed by atoms with Crippen LogP contribution in [0, 0.1) is 0 Å². The van der Waals surface area contributed by atoms with Gasteiger partial charge in [0.25, 0.3) is 0 Å². The molecule has 1 fully saturated rings. The Morgan fingerprint density at radius 2 is 2.50 bits per heavy atom. The molecule has 0 aliphatic carbocycles. The summed E-state index contributed by atoms with van der Waals surface area (Å²) in [6.45, 7) is 1.12. The molecule has 4 heteroatoms. The molecular formula is C10H14N2OS. The summed E-state index contributed by atoms with van der Waals surface area (Å²) >= 11 is 1.99. The molecule has 1 aromatic heterocycles. The van der Waals surface area contributed by atoms with Gasteiger partial charge in [-0.2, -0.15) is 11.8 Å². The smallest absolute Gasteiger partial charge is 0.157 e. The highest BCUT2D eigenvalue weighted by Gasteiger charge is 2.27. The van der Waals surface area contributed by atoms with E-state index in [0.717, 1.165) is 24.5 Å². The van der Waals surface area contributed by atoms with Crippen molar-refractivity contribution in [2.24, 2.45) is 0 Å². The number of hydrogen-bond donors (Lipinski definition) is 1. The van der Waals surface area contributed by atoms with Crippen molar-refractivity contribution in [1.82, 2.24) is 10.5 Å². The van der Waals surface area contributed by atoms with Crippen LogP contribution in [0.15, 0.2) is 4.52 Å². The number of nitrogens with zero attached hydrogens (tertiary/aromatic N) is 1. The third-order valence-electron chi connectivity index (χ3n) is 3.01. The summed E-state index contributed by atoms with van der Waals surface area (Å²) in [5.41, 5.74) is 2.58. The van der Waals surface area contributed by atoms with Gasteiger partial charge in [-0.25, -0.2) is 0 Å². The fourth-order valence-corrected chi connectivity index (χ4v) is 3.23. The standard InChI is InChI=1S/C10H14N2OS/c1-2-9(11-4-1)10-7-6-14-5-3-8(7)12-13-10/h9,11H,1-6H2. The third kappa shape index (κ3) is 1.37. The Bertz CT molecular complexity index is 331. The van der Waals surface area contributed by atoms with Crippen molar-refractivity contribution in [3.05, 3.63) is 17.0 Å². The van der Waals surface area contributed by atoms with E-state index in [4.69, 9.17) is 4.52 Å². The van der Waals surface area contributed by atoms with Gasteiger partial charge >= 0.3 is 0 Å². The van der Waals surface area contributed by atoms with Gasteiger partial charge in [0.05, 0.1) is 11.7 Å². The average Bonchev–Trinajstić information content (AvgIpc) is 2.85. The molecule has 3 heterocycles. The van der Waals surface area contributed by atoms with Gasteiger partial charge in [0.2, 0.25) is 0 Å². The van der Waals surface area contributed by atoms with Crippen molar-refractivity contribution in [2.75, 3.05) is 12.3 Å². The fourth-order valence-electron chi connectivity index (χ4n) is 2.23. The highest BCUT2D eigenvalue weighted by Crippen LogP contribution is 2.33. The van der Waals surface area contributed by atoms with E-state index in [1.807, 2.05) is 11.8 Å². The van der Waals surface area contributed by atoms with Crippen LogP contribution >= 0.6 is 11.8 Å². The maximum absolute atomic E-state index is 5.48.